The molecule has 24 heavy (non-hydrogen) atoms. The highest BCUT2D eigenvalue weighted by Gasteiger charge is 2.18. The number of morpholine rings is 1. The molecule has 3 heterocycles. The topological polar surface area (TPSA) is 98.3 Å². The second-order valence-electron chi connectivity index (χ2n) is 5.69. The predicted molar refractivity (Wildman–Crippen MR) is 85.3 cm³/mol. The Labute approximate surface area is 140 Å². The van der Waals surface area contributed by atoms with E-state index in [9.17, 15) is 4.79 Å². The van der Waals surface area contributed by atoms with Crippen LogP contribution in [0.15, 0.2) is 16.9 Å². The number of ether oxygens (including phenoxy) is 1. The lowest BCUT2D eigenvalue weighted by molar-refractivity contribution is -0.136. The maximum absolute atomic E-state index is 12.2. The Morgan fingerprint density at radius 3 is 2.92 bits per heavy atom. The normalized spacial score (nSPS) is 16.2. The monoisotopic (exact) mass is 334 g/mol. The molecule has 1 aliphatic rings. The van der Waals surface area contributed by atoms with E-state index in [-0.39, 0.29) is 18.5 Å². The maximum Gasteiger partial charge on any atom is 0.248 e. The van der Waals surface area contributed by atoms with Crippen LogP contribution in [0.1, 0.15) is 31.6 Å². The zero-order chi connectivity index (χ0) is 16.9. The third-order valence-electron chi connectivity index (χ3n) is 3.85. The van der Waals surface area contributed by atoms with Gasteiger partial charge in [-0.25, -0.2) is 0 Å². The summed E-state index contributed by atoms with van der Waals surface area (Å²) in [7, 11) is 0. The molecule has 1 aliphatic heterocycles. The van der Waals surface area contributed by atoms with Crippen molar-refractivity contribution in [2.75, 3.05) is 31.6 Å². The molecule has 9 heteroatoms. The molecule has 9 nitrogen and oxygen atoms in total. The summed E-state index contributed by atoms with van der Waals surface area (Å²) in [6.07, 6.45) is 4.21. The minimum absolute atomic E-state index is 0.0467. The number of rotatable bonds is 6. The SMILES string of the molecule is CCc1noc([C@@H](C)Nc2cnn(CC(=O)N3CCOCC3)c2)n1. The van der Waals surface area contributed by atoms with E-state index >= 15 is 0 Å². The van der Waals surface area contributed by atoms with Crippen molar-refractivity contribution in [3.8, 4) is 0 Å². The standard InChI is InChI=1S/C15H22N6O3/c1-3-13-18-15(24-19-13)11(2)17-12-8-16-21(9-12)10-14(22)20-4-6-23-7-5-20/h8-9,11,17H,3-7,10H2,1-2H3/t11-/m1/s1. The number of carbonyl (C=O) groups excluding carboxylic acids is 1. The molecule has 0 unspecified atom stereocenters. The highest BCUT2D eigenvalue weighted by Crippen LogP contribution is 2.17. The molecule has 0 radical (unpaired) electrons. The zero-order valence-electron chi connectivity index (χ0n) is 13.9. The van der Waals surface area contributed by atoms with Crippen LogP contribution >= 0.6 is 0 Å². The smallest absolute Gasteiger partial charge is 0.248 e. The van der Waals surface area contributed by atoms with Gasteiger partial charge in [-0.3, -0.25) is 9.48 Å². The molecule has 2 aromatic heterocycles. The number of aromatic nitrogens is 4. The largest absolute Gasteiger partial charge is 0.378 e. The summed E-state index contributed by atoms with van der Waals surface area (Å²) < 4.78 is 12.1. The zero-order valence-corrected chi connectivity index (χ0v) is 13.9. The molecule has 130 valence electrons. The lowest BCUT2D eigenvalue weighted by atomic mass is 10.3. The molecule has 1 saturated heterocycles. The molecule has 0 bridgehead atoms. The average Bonchev–Trinajstić information content (AvgIpc) is 3.25. The Hall–Kier alpha value is -2.42. The number of amides is 1. The second kappa shape index (κ2) is 7.43. The van der Waals surface area contributed by atoms with E-state index < -0.39 is 0 Å². The van der Waals surface area contributed by atoms with Gasteiger partial charge in [0.05, 0.1) is 25.1 Å². The summed E-state index contributed by atoms with van der Waals surface area (Å²) >= 11 is 0. The van der Waals surface area contributed by atoms with E-state index in [1.807, 2.05) is 13.8 Å². The Kier molecular flexibility index (Phi) is 5.09. The first-order valence-corrected chi connectivity index (χ1v) is 8.12. The van der Waals surface area contributed by atoms with Crippen molar-refractivity contribution >= 4 is 11.6 Å². The highest BCUT2D eigenvalue weighted by molar-refractivity contribution is 5.76. The molecule has 1 atom stereocenters. The van der Waals surface area contributed by atoms with Gasteiger partial charge in [-0.05, 0) is 6.92 Å². The van der Waals surface area contributed by atoms with Crippen LogP contribution in [0.5, 0.6) is 0 Å². The maximum atomic E-state index is 12.2. The molecule has 0 aromatic carbocycles. The first-order chi connectivity index (χ1) is 11.7. The summed E-state index contributed by atoms with van der Waals surface area (Å²) in [5.41, 5.74) is 0.800. The Balaban J connectivity index is 1.55. The quantitative estimate of drug-likeness (QED) is 0.836. The van der Waals surface area contributed by atoms with Crippen molar-refractivity contribution in [1.29, 1.82) is 0 Å². The van der Waals surface area contributed by atoms with E-state index in [2.05, 4.69) is 20.6 Å². The van der Waals surface area contributed by atoms with Gasteiger partial charge < -0.3 is 19.5 Å². The van der Waals surface area contributed by atoms with Crippen molar-refractivity contribution in [2.24, 2.45) is 0 Å². The van der Waals surface area contributed by atoms with Crippen LogP contribution < -0.4 is 5.32 Å². The van der Waals surface area contributed by atoms with Crippen molar-refractivity contribution in [1.82, 2.24) is 24.8 Å². The third kappa shape index (κ3) is 3.91. The summed E-state index contributed by atoms with van der Waals surface area (Å²) in [6, 6.07) is -0.134. The van der Waals surface area contributed by atoms with Crippen molar-refractivity contribution in [3.05, 3.63) is 24.1 Å². The first-order valence-electron chi connectivity index (χ1n) is 8.12. The van der Waals surface area contributed by atoms with Gasteiger partial charge >= 0.3 is 0 Å². The number of aryl methyl sites for hydroxylation is 1. The fourth-order valence-electron chi connectivity index (χ4n) is 2.47. The molecule has 1 fully saturated rings. The number of nitrogens with one attached hydrogen (secondary N) is 1. The number of hydrogen-bond donors (Lipinski definition) is 1. The molecule has 1 N–H and O–H groups in total. The molecule has 3 rings (SSSR count). The molecular formula is C15H22N6O3. The lowest BCUT2D eigenvalue weighted by Crippen LogP contribution is -2.42. The van der Waals surface area contributed by atoms with Crippen LogP contribution in [0.2, 0.25) is 0 Å². The summed E-state index contributed by atoms with van der Waals surface area (Å²) in [4.78, 5) is 18.3. The fraction of sp³-hybridized carbons (Fsp3) is 0.600. The van der Waals surface area contributed by atoms with Gasteiger partial charge in [0.25, 0.3) is 0 Å². The Morgan fingerprint density at radius 2 is 2.21 bits per heavy atom. The average molecular weight is 334 g/mol. The number of nitrogens with zero attached hydrogens (tertiary/aromatic N) is 5. The van der Waals surface area contributed by atoms with Crippen LogP contribution in [0.3, 0.4) is 0 Å². The summed E-state index contributed by atoms with van der Waals surface area (Å²) in [5.74, 6) is 1.26. The van der Waals surface area contributed by atoms with Gasteiger partial charge in [-0.2, -0.15) is 10.1 Å². The summed E-state index contributed by atoms with van der Waals surface area (Å²) in [5, 5.41) is 11.4. The van der Waals surface area contributed by atoms with Gasteiger partial charge in [0, 0.05) is 25.7 Å². The van der Waals surface area contributed by atoms with E-state index in [1.165, 1.54) is 0 Å². The highest BCUT2D eigenvalue weighted by atomic mass is 16.5. The molecule has 0 aliphatic carbocycles. The van der Waals surface area contributed by atoms with Crippen LogP contribution in [0, 0.1) is 0 Å². The van der Waals surface area contributed by atoms with E-state index in [0.29, 0.717) is 38.0 Å². The van der Waals surface area contributed by atoms with Crippen LogP contribution in [-0.2, 0) is 22.5 Å². The number of hydrogen-bond acceptors (Lipinski definition) is 7. The Morgan fingerprint density at radius 1 is 1.42 bits per heavy atom. The molecule has 0 saturated carbocycles. The second-order valence-corrected chi connectivity index (χ2v) is 5.69. The fourth-order valence-corrected chi connectivity index (χ4v) is 2.47. The van der Waals surface area contributed by atoms with Gasteiger partial charge in [0.1, 0.15) is 12.6 Å². The van der Waals surface area contributed by atoms with Gasteiger partial charge in [0.15, 0.2) is 5.82 Å². The van der Waals surface area contributed by atoms with Crippen molar-refractivity contribution in [2.45, 2.75) is 32.9 Å². The van der Waals surface area contributed by atoms with Crippen LogP contribution in [-0.4, -0.2) is 57.0 Å². The van der Waals surface area contributed by atoms with Gasteiger partial charge in [0.2, 0.25) is 11.8 Å². The van der Waals surface area contributed by atoms with Crippen molar-refractivity contribution < 1.29 is 14.1 Å². The third-order valence-corrected chi connectivity index (χ3v) is 3.85. The molecule has 2 aromatic rings. The molecule has 1 amide bonds. The van der Waals surface area contributed by atoms with E-state index in [0.717, 1.165) is 12.1 Å². The molecule has 0 spiro atoms. The minimum atomic E-state index is -0.134. The van der Waals surface area contributed by atoms with E-state index in [1.54, 1.807) is 22.0 Å². The van der Waals surface area contributed by atoms with Gasteiger partial charge in [-0.15, -0.1) is 0 Å². The predicted octanol–water partition coefficient (Wildman–Crippen LogP) is 0.860. The van der Waals surface area contributed by atoms with Crippen molar-refractivity contribution in [3.63, 3.8) is 0 Å². The lowest BCUT2D eigenvalue weighted by Gasteiger charge is -2.26. The number of anilines is 1. The first kappa shape index (κ1) is 16.4. The number of carbonyl (C=O) groups is 1. The minimum Gasteiger partial charge on any atom is -0.378 e. The molecular weight excluding hydrogens is 312 g/mol. The summed E-state index contributed by atoms with van der Waals surface area (Å²) in [6.45, 7) is 6.60. The Bertz CT molecular complexity index is 676. The van der Waals surface area contributed by atoms with Crippen LogP contribution in [0.4, 0.5) is 5.69 Å². The van der Waals surface area contributed by atoms with E-state index in [4.69, 9.17) is 9.26 Å². The van der Waals surface area contributed by atoms with Gasteiger partial charge in [-0.1, -0.05) is 12.1 Å². The van der Waals surface area contributed by atoms with Crippen LogP contribution in [0.25, 0.3) is 0 Å².